The van der Waals surface area contributed by atoms with Gasteiger partial charge in [-0.2, -0.15) is 0 Å². The topological polar surface area (TPSA) is 37.3 Å². The molecule has 0 aliphatic heterocycles. The van der Waals surface area contributed by atoms with E-state index in [9.17, 15) is 9.32 Å². The highest BCUT2D eigenvalue weighted by molar-refractivity contribution is 7.85. The molecule has 2 atom stereocenters. The number of benzene rings is 3. The zero-order valence-electron chi connectivity index (χ0n) is 13.5. The van der Waals surface area contributed by atoms with Crippen molar-refractivity contribution in [2.45, 2.75) is 22.7 Å². The van der Waals surface area contributed by atoms with E-state index in [0.29, 0.717) is 0 Å². The molecular formula is C21H20O2S. The third-order valence-corrected chi connectivity index (χ3v) is 6.03. The lowest BCUT2D eigenvalue weighted by molar-refractivity contribution is 0.0811. The second-order valence-electron chi connectivity index (χ2n) is 5.75. The number of rotatable bonds is 5. The van der Waals surface area contributed by atoms with Gasteiger partial charge in [-0.25, -0.2) is 0 Å². The van der Waals surface area contributed by atoms with E-state index in [1.807, 2.05) is 97.9 Å². The number of hydrogen-bond donors (Lipinski definition) is 1. The summed E-state index contributed by atoms with van der Waals surface area (Å²) in [5.41, 5.74) is 0.157. The van der Waals surface area contributed by atoms with E-state index in [0.717, 1.165) is 16.0 Å². The van der Waals surface area contributed by atoms with E-state index in [-0.39, 0.29) is 0 Å². The first-order chi connectivity index (χ1) is 11.6. The van der Waals surface area contributed by atoms with E-state index in [1.54, 1.807) is 0 Å². The third kappa shape index (κ3) is 3.05. The molecule has 3 aromatic carbocycles. The Hall–Kier alpha value is -2.23. The molecule has 0 saturated carbocycles. The Bertz CT molecular complexity index is 762. The summed E-state index contributed by atoms with van der Waals surface area (Å²) in [6.45, 7) is 1.84. The average molecular weight is 336 g/mol. The van der Waals surface area contributed by atoms with Crippen LogP contribution in [0, 0.1) is 0 Å². The van der Waals surface area contributed by atoms with Crippen LogP contribution in [0.15, 0.2) is 95.9 Å². The fourth-order valence-electron chi connectivity index (χ4n) is 2.93. The van der Waals surface area contributed by atoms with Crippen molar-refractivity contribution in [3.63, 3.8) is 0 Å². The van der Waals surface area contributed by atoms with Crippen LogP contribution in [0.3, 0.4) is 0 Å². The van der Waals surface area contributed by atoms with Crippen molar-refractivity contribution in [3.8, 4) is 0 Å². The van der Waals surface area contributed by atoms with E-state index < -0.39 is 21.7 Å². The Morgan fingerprint density at radius 1 is 0.750 bits per heavy atom. The molecule has 2 nitrogen and oxygen atoms in total. The molecule has 0 aliphatic carbocycles. The molecule has 3 rings (SSSR count). The Morgan fingerprint density at radius 2 is 1.12 bits per heavy atom. The molecule has 0 radical (unpaired) electrons. The predicted molar refractivity (Wildman–Crippen MR) is 98.2 cm³/mol. The highest BCUT2D eigenvalue weighted by Gasteiger charge is 2.41. The van der Waals surface area contributed by atoms with Crippen LogP contribution in [0.25, 0.3) is 0 Å². The van der Waals surface area contributed by atoms with Crippen LogP contribution >= 0.6 is 0 Å². The maximum absolute atomic E-state index is 13.1. The lowest BCUT2D eigenvalue weighted by atomic mass is 9.84. The van der Waals surface area contributed by atoms with Crippen LogP contribution in [-0.4, -0.2) is 14.6 Å². The molecule has 24 heavy (non-hydrogen) atoms. The molecule has 3 heteroatoms. The van der Waals surface area contributed by atoms with Crippen LogP contribution in [0.2, 0.25) is 0 Å². The van der Waals surface area contributed by atoms with Gasteiger partial charge < -0.3 is 5.11 Å². The smallest absolute Gasteiger partial charge is 0.129 e. The molecule has 0 amide bonds. The SMILES string of the molecule is CC(S(=O)c1ccccc1)C(O)(c1ccccc1)c1ccccc1. The van der Waals surface area contributed by atoms with Gasteiger partial charge in [-0.3, -0.25) is 4.21 Å². The molecule has 2 unspecified atom stereocenters. The average Bonchev–Trinajstić information content (AvgIpc) is 2.68. The van der Waals surface area contributed by atoms with Crippen molar-refractivity contribution >= 4 is 10.8 Å². The van der Waals surface area contributed by atoms with E-state index in [4.69, 9.17) is 0 Å². The van der Waals surface area contributed by atoms with Crippen LogP contribution in [0.5, 0.6) is 0 Å². The fraction of sp³-hybridized carbons (Fsp3) is 0.143. The first-order valence-electron chi connectivity index (χ1n) is 7.93. The van der Waals surface area contributed by atoms with Crippen molar-refractivity contribution in [2.24, 2.45) is 0 Å². The normalized spacial score (nSPS) is 14.1. The van der Waals surface area contributed by atoms with E-state index >= 15 is 0 Å². The maximum Gasteiger partial charge on any atom is 0.129 e. The second-order valence-corrected chi connectivity index (χ2v) is 7.52. The monoisotopic (exact) mass is 336 g/mol. The van der Waals surface area contributed by atoms with E-state index in [1.165, 1.54) is 0 Å². The summed E-state index contributed by atoms with van der Waals surface area (Å²) in [7, 11) is -1.35. The molecular weight excluding hydrogens is 316 g/mol. The summed E-state index contributed by atoms with van der Waals surface area (Å²) in [5, 5.41) is 11.2. The highest BCUT2D eigenvalue weighted by atomic mass is 32.2. The van der Waals surface area contributed by atoms with Gasteiger partial charge in [0.2, 0.25) is 0 Å². The quantitative estimate of drug-likeness (QED) is 0.761. The molecule has 0 heterocycles. The molecule has 3 aromatic rings. The molecule has 0 aliphatic rings. The van der Waals surface area contributed by atoms with Crippen LogP contribution in [0.1, 0.15) is 18.1 Å². The number of aliphatic hydroxyl groups is 1. The Balaban J connectivity index is 2.10. The summed E-state index contributed by atoms with van der Waals surface area (Å²) in [4.78, 5) is 0.718. The van der Waals surface area contributed by atoms with Crippen molar-refractivity contribution in [1.29, 1.82) is 0 Å². The lowest BCUT2D eigenvalue weighted by Crippen LogP contribution is -2.41. The first kappa shape index (κ1) is 16.6. The summed E-state index contributed by atoms with van der Waals surface area (Å²) in [6, 6.07) is 28.2. The van der Waals surface area contributed by atoms with Crippen molar-refractivity contribution < 1.29 is 9.32 Å². The van der Waals surface area contributed by atoms with E-state index in [2.05, 4.69) is 0 Å². The summed E-state index contributed by atoms with van der Waals surface area (Å²) >= 11 is 0. The highest BCUT2D eigenvalue weighted by Crippen LogP contribution is 2.36. The van der Waals surface area contributed by atoms with Gasteiger partial charge >= 0.3 is 0 Å². The summed E-state index contributed by atoms with van der Waals surface area (Å²) < 4.78 is 13.1. The van der Waals surface area contributed by atoms with Gasteiger partial charge in [-0.1, -0.05) is 78.9 Å². The predicted octanol–water partition coefficient (Wildman–Crippen LogP) is 4.12. The van der Waals surface area contributed by atoms with Crippen LogP contribution in [0.4, 0.5) is 0 Å². The van der Waals surface area contributed by atoms with Crippen molar-refractivity contribution in [1.82, 2.24) is 0 Å². The summed E-state index contributed by atoms with van der Waals surface area (Å²) in [5.74, 6) is 0. The van der Waals surface area contributed by atoms with Crippen LogP contribution < -0.4 is 0 Å². The van der Waals surface area contributed by atoms with Gasteiger partial charge in [0.05, 0.1) is 16.0 Å². The Labute approximate surface area is 145 Å². The molecule has 1 N–H and O–H groups in total. The number of hydrogen-bond acceptors (Lipinski definition) is 2. The maximum atomic E-state index is 13.1. The molecule has 0 spiro atoms. The minimum Gasteiger partial charge on any atom is -0.379 e. The van der Waals surface area contributed by atoms with Gasteiger partial charge in [-0.15, -0.1) is 0 Å². The van der Waals surface area contributed by atoms with Gasteiger partial charge in [0.25, 0.3) is 0 Å². The van der Waals surface area contributed by atoms with Crippen molar-refractivity contribution in [2.75, 3.05) is 0 Å². The van der Waals surface area contributed by atoms with Crippen molar-refractivity contribution in [3.05, 3.63) is 102 Å². The van der Waals surface area contributed by atoms with Crippen LogP contribution in [-0.2, 0) is 16.4 Å². The minimum atomic E-state index is -1.35. The largest absolute Gasteiger partial charge is 0.379 e. The standard InChI is InChI=1S/C21H20O2S/c1-17(24(23)20-15-9-4-10-16-20)21(22,18-11-5-2-6-12-18)19-13-7-3-8-14-19/h2-17,22H,1H3. The zero-order valence-corrected chi connectivity index (χ0v) is 14.3. The molecule has 122 valence electrons. The van der Waals surface area contributed by atoms with Gasteiger partial charge in [0, 0.05) is 4.90 Å². The molecule has 0 aromatic heterocycles. The van der Waals surface area contributed by atoms with Gasteiger partial charge in [0.1, 0.15) is 5.60 Å². The molecule has 0 bridgehead atoms. The Kier molecular flexibility index (Phi) is 4.93. The van der Waals surface area contributed by atoms with Gasteiger partial charge in [0.15, 0.2) is 0 Å². The fourth-order valence-corrected chi connectivity index (χ4v) is 4.35. The second kappa shape index (κ2) is 7.12. The lowest BCUT2D eigenvalue weighted by Gasteiger charge is -2.34. The minimum absolute atomic E-state index is 0.510. The zero-order chi connectivity index (χ0) is 17.0. The van der Waals surface area contributed by atoms with Gasteiger partial charge in [-0.05, 0) is 30.2 Å². The molecule has 0 saturated heterocycles. The first-order valence-corrected chi connectivity index (χ1v) is 9.14. The Morgan fingerprint density at radius 3 is 1.54 bits per heavy atom. The molecule has 0 fully saturated rings. The summed E-state index contributed by atoms with van der Waals surface area (Å²) in [6.07, 6.45) is 0. The third-order valence-electron chi connectivity index (χ3n) is 4.31.